The number of nitrogens with zero attached hydrogens (tertiary/aromatic N) is 1. The fourth-order valence-electron chi connectivity index (χ4n) is 2.57. The first kappa shape index (κ1) is 9.67. The molecule has 2 nitrogen and oxygen atoms in total. The lowest BCUT2D eigenvalue weighted by molar-refractivity contribution is 0.313. The molecule has 82 valence electrons. The van der Waals surface area contributed by atoms with E-state index in [1.54, 1.807) is 0 Å². The molecule has 3 rings (SSSR count). The van der Waals surface area contributed by atoms with Gasteiger partial charge in [-0.2, -0.15) is 0 Å². The van der Waals surface area contributed by atoms with Crippen molar-refractivity contribution >= 4 is 17.0 Å². The summed E-state index contributed by atoms with van der Waals surface area (Å²) in [6.07, 6.45) is 3.05. The van der Waals surface area contributed by atoms with Gasteiger partial charge in [0.05, 0.1) is 5.52 Å². The Balaban J connectivity index is 2.29. The van der Waals surface area contributed by atoms with Gasteiger partial charge in [-0.25, -0.2) is 0 Å². The van der Waals surface area contributed by atoms with Crippen LogP contribution in [0.3, 0.4) is 0 Å². The maximum Gasteiger partial charge on any atom is 0.0532 e. The van der Waals surface area contributed by atoms with E-state index in [1.807, 2.05) is 6.08 Å². The van der Waals surface area contributed by atoms with Gasteiger partial charge in [-0.05, 0) is 18.2 Å². The summed E-state index contributed by atoms with van der Waals surface area (Å²) < 4.78 is 0. The number of benzene rings is 1. The van der Waals surface area contributed by atoms with Crippen molar-refractivity contribution in [3.63, 3.8) is 0 Å². The molecule has 2 heteroatoms. The molecule has 0 saturated heterocycles. The lowest BCUT2D eigenvalue weighted by atomic mass is 10.0. The van der Waals surface area contributed by atoms with Crippen molar-refractivity contribution in [1.29, 1.82) is 0 Å². The number of aromatic amines is 1. The van der Waals surface area contributed by atoms with Crippen LogP contribution in [0.1, 0.15) is 16.8 Å². The summed E-state index contributed by atoms with van der Waals surface area (Å²) in [6.45, 7) is 6.07. The van der Waals surface area contributed by atoms with Crippen LogP contribution in [-0.4, -0.2) is 23.5 Å². The first-order chi connectivity index (χ1) is 7.79. The van der Waals surface area contributed by atoms with Crippen LogP contribution in [0.15, 0.2) is 24.8 Å². The Bertz CT molecular complexity index is 551. The molecular weight excluding hydrogens is 196 g/mol. The Hall–Kier alpha value is -1.54. The topological polar surface area (TPSA) is 19.0 Å². The molecule has 1 N–H and O–H groups in total. The molecular formula is C14H16N2. The zero-order valence-corrected chi connectivity index (χ0v) is 9.59. The van der Waals surface area contributed by atoms with Gasteiger partial charge in [0.15, 0.2) is 0 Å². The van der Waals surface area contributed by atoms with Crippen LogP contribution in [0, 0.1) is 0 Å². The van der Waals surface area contributed by atoms with Crippen molar-refractivity contribution in [3.8, 4) is 0 Å². The molecule has 0 radical (unpaired) electrons. The molecule has 0 fully saturated rings. The van der Waals surface area contributed by atoms with E-state index in [1.165, 1.54) is 27.7 Å². The standard InChI is InChI=1S/C14H16N2/c1-3-10-5-4-6-11-12-9-16(2)8-7-13(12)15-14(10)11/h3-6,15H,1,7-9H2,2H3. The van der Waals surface area contributed by atoms with E-state index in [2.05, 4.69) is 41.7 Å². The monoisotopic (exact) mass is 212 g/mol. The summed E-state index contributed by atoms with van der Waals surface area (Å²) in [7, 11) is 2.18. The highest BCUT2D eigenvalue weighted by Crippen LogP contribution is 2.29. The summed E-state index contributed by atoms with van der Waals surface area (Å²) >= 11 is 0. The summed E-state index contributed by atoms with van der Waals surface area (Å²) in [4.78, 5) is 5.93. The quantitative estimate of drug-likeness (QED) is 0.770. The minimum Gasteiger partial charge on any atom is -0.358 e. The average molecular weight is 212 g/mol. The molecule has 1 aromatic heterocycles. The number of likely N-dealkylation sites (N-methyl/N-ethyl adjacent to an activating group) is 1. The van der Waals surface area contributed by atoms with Crippen molar-refractivity contribution in [2.75, 3.05) is 13.6 Å². The second kappa shape index (κ2) is 3.49. The molecule has 16 heavy (non-hydrogen) atoms. The Morgan fingerprint density at radius 3 is 3.12 bits per heavy atom. The van der Waals surface area contributed by atoms with E-state index < -0.39 is 0 Å². The summed E-state index contributed by atoms with van der Waals surface area (Å²) in [5.41, 5.74) is 5.32. The van der Waals surface area contributed by atoms with Crippen LogP contribution >= 0.6 is 0 Å². The number of hydrogen-bond donors (Lipinski definition) is 1. The zero-order chi connectivity index (χ0) is 11.1. The van der Waals surface area contributed by atoms with Crippen molar-refractivity contribution < 1.29 is 0 Å². The van der Waals surface area contributed by atoms with Crippen molar-refractivity contribution in [3.05, 3.63) is 41.6 Å². The molecule has 2 aromatic rings. The third kappa shape index (κ3) is 1.30. The average Bonchev–Trinajstić information content (AvgIpc) is 2.67. The molecule has 0 unspecified atom stereocenters. The number of para-hydroxylation sites is 1. The summed E-state index contributed by atoms with van der Waals surface area (Å²) in [5, 5.41) is 1.36. The number of nitrogens with one attached hydrogen (secondary N) is 1. The van der Waals surface area contributed by atoms with Crippen LogP contribution in [0.4, 0.5) is 0 Å². The van der Waals surface area contributed by atoms with E-state index >= 15 is 0 Å². The third-order valence-electron chi connectivity index (χ3n) is 3.45. The van der Waals surface area contributed by atoms with Crippen LogP contribution in [-0.2, 0) is 13.0 Å². The van der Waals surface area contributed by atoms with Crippen molar-refractivity contribution in [2.24, 2.45) is 0 Å². The Labute approximate surface area is 95.6 Å². The number of H-pyrrole nitrogens is 1. The highest BCUT2D eigenvalue weighted by atomic mass is 15.1. The summed E-state index contributed by atoms with van der Waals surface area (Å²) in [5.74, 6) is 0. The molecule has 0 spiro atoms. The van der Waals surface area contributed by atoms with Gasteiger partial charge < -0.3 is 9.88 Å². The van der Waals surface area contributed by atoms with Gasteiger partial charge in [0.25, 0.3) is 0 Å². The normalized spacial score (nSPS) is 16.3. The number of aromatic nitrogens is 1. The van der Waals surface area contributed by atoms with Crippen LogP contribution in [0.5, 0.6) is 0 Å². The highest BCUT2D eigenvalue weighted by molar-refractivity contribution is 5.91. The molecule has 0 amide bonds. The van der Waals surface area contributed by atoms with Gasteiger partial charge in [-0.15, -0.1) is 0 Å². The molecule has 1 aliphatic rings. The SMILES string of the molecule is C=Cc1cccc2c3c([nH]c12)CCN(C)C3. The van der Waals surface area contributed by atoms with Gasteiger partial charge >= 0.3 is 0 Å². The van der Waals surface area contributed by atoms with Crippen molar-refractivity contribution in [1.82, 2.24) is 9.88 Å². The predicted octanol–water partition coefficient (Wildman–Crippen LogP) is 2.80. The maximum atomic E-state index is 3.87. The second-order valence-electron chi connectivity index (χ2n) is 4.54. The molecule has 1 aliphatic heterocycles. The van der Waals surface area contributed by atoms with E-state index in [0.717, 1.165) is 19.5 Å². The van der Waals surface area contributed by atoms with E-state index in [4.69, 9.17) is 0 Å². The van der Waals surface area contributed by atoms with E-state index in [9.17, 15) is 0 Å². The van der Waals surface area contributed by atoms with Crippen LogP contribution in [0.2, 0.25) is 0 Å². The minimum absolute atomic E-state index is 1.05. The molecule has 2 heterocycles. The molecule has 0 atom stereocenters. The lowest BCUT2D eigenvalue weighted by Crippen LogP contribution is -2.25. The van der Waals surface area contributed by atoms with Gasteiger partial charge in [0.1, 0.15) is 0 Å². The van der Waals surface area contributed by atoms with E-state index in [-0.39, 0.29) is 0 Å². The first-order valence-electron chi connectivity index (χ1n) is 5.73. The maximum absolute atomic E-state index is 3.87. The first-order valence-corrected chi connectivity index (χ1v) is 5.73. The lowest BCUT2D eigenvalue weighted by Gasteiger charge is -2.22. The number of hydrogen-bond acceptors (Lipinski definition) is 1. The van der Waals surface area contributed by atoms with Gasteiger partial charge in [-0.3, -0.25) is 0 Å². The second-order valence-corrected chi connectivity index (χ2v) is 4.54. The van der Waals surface area contributed by atoms with Crippen LogP contribution < -0.4 is 0 Å². The molecule has 0 bridgehead atoms. The smallest absolute Gasteiger partial charge is 0.0532 e. The Kier molecular flexibility index (Phi) is 2.11. The Morgan fingerprint density at radius 2 is 2.31 bits per heavy atom. The zero-order valence-electron chi connectivity index (χ0n) is 9.59. The minimum atomic E-state index is 1.05. The Morgan fingerprint density at radius 1 is 1.44 bits per heavy atom. The van der Waals surface area contributed by atoms with Crippen molar-refractivity contribution in [2.45, 2.75) is 13.0 Å². The number of fused-ring (bicyclic) bond motifs is 3. The van der Waals surface area contributed by atoms with Gasteiger partial charge in [0.2, 0.25) is 0 Å². The predicted molar refractivity (Wildman–Crippen MR) is 68.4 cm³/mol. The van der Waals surface area contributed by atoms with Crippen LogP contribution in [0.25, 0.3) is 17.0 Å². The van der Waals surface area contributed by atoms with Gasteiger partial charge in [0, 0.05) is 30.6 Å². The molecule has 0 saturated carbocycles. The van der Waals surface area contributed by atoms with E-state index in [0.29, 0.717) is 0 Å². The largest absolute Gasteiger partial charge is 0.358 e. The fraction of sp³-hybridized carbons (Fsp3) is 0.286. The summed E-state index contributed by atoms with van der Waals surface area (Å²) in [6, 6.07) is 6.43. The highest BCUT2D eigenvalue weighted by Gasteiger charge is 2.18. The number of rotatable bonds is 1. The third-order valence-corrected chi connectivity index (χ3v) is 3.45. The molecule has 1 aromatic carbocycles. The fourth-order valence-corrected chi connectivity index (χ4v) is 2.57. The van der Waals surface area contributed by atoms with Gasteiger partial charge in [-0.1, -0.05) is 30.9 Å². The molecule has 0 aliphatic carbocycles.